The molecule has 9 heavy (non-hydrogen) atoms. The maximum atomic E-state index is 3.75. The Kier molecular flexibility index (Phi) is 4.06. The highest BCUT2D eigenvalue weighted by molar-refractivity contribution is 4.95. The molecule has 0 radical (unpaired) electrons. The molecule has 1 aliphatic rings. The molecular weight excluding hydrogens is 112 g/mol. The van der Waals surface area contributed by atoms with Crippen molar-refractivity contribution in [3.8, 4) is 0 Å². The Hall–Kier alpha value is -0.560. The average Bonchev–Trinajstić information content (AvgIpc) is 1.90. The fraction of sp³-hybridized carbons (Fsp3) is 0.500. The second-order valence-corrected chi connectivity index (χ2v) is 2.28. The Morgan fingerprint density at radius 1 is 1.44 bits per heavy atom. The van der Waals surface area contributed by atoms with Gasteiger partial charge in [-0.2, -0.15) is 0 Å². The molecule has 0 aromatic carbocycles. The molecule has 0 saturated carbocycles. The number of hydrogen-bond acceptors (Lipinski definition) is 0. The Balaban J connectivity index is 0.000000640. The summed E-state index contributed by atoms with van der Waals surface area (Å²) in [5.41, 5.74) is 0. The first kappa shape index (κ1) is 8.44. The van der Waals surface area contributed by atoms with Crippen molar-refractivity contribution in [2.24, 2.45) is 5.92 Å². The van der Waals surface area contributed by atoms with Gasteiger partial charge in [0.1, 0.15) is 0 Å². The van der Waals surface area contributed by atoms with Crippen molar-refractivity contribution in [1.29, 1.82) is 0 Å². The number of allylic oxidation sites excluding steroid dienone is 3. The van der Waals surface area contributed by atoms with Gasteiger partial charge in [-0.05, 0) is 25.2 Å². The first-order chi connectivity index (χ1) is 3.93. The molecule has 0 spiro atoms. The molecule has 0 aromatic rings. The van der Waals surface area contributed by atoms with Crippen LogP contribution >= 0.6 is 0 Å². The van der Waals surface area contributed by atoms with Gasteiger partial charge in [-0.15, -0.1) is 6.58 Å². The first-order valence-corrected chi connectivity index (χ1v) is 3.21. The van der Waals surface area contributed by atoms with E-state index in [-0.39, 0.29) is 5.48 Å². The summed E-state index contributed by atoms with van der Waals surface area (Å²) in [6, 6.07) is 0. The molecular formula is C8H14O. The molecule has 2 N–H and O–H groups in total. The van der Waals surface area contributed by atoms with Crippen LogP contribution in [0.5, 0.6) is 0 Å². The summed E-state index contributed by atoms with van der Waals surface area (Å²) in [6.07, 6.45) is 10.3. The molecule has 1 aliphatic carbocycles. The molecule has 52 valence electrons. The van der Waals surface area contributed by atoms with Crippen LogP contribution in [-0.4, -0.2) is 5.48 Å². The maximum Gasteiger partial charge on any atom is -0.0199 e. The van der Waals surface area contributed by atoms with Gasteiger partial charge in [0.05, 0.1) is 0 Å². The normalized spacial score (nSPS) is 24.7. The van der Waals surface area contributed by atoms with Gasteiger partial charge in [-0.1, -0.05) is 18.2 Å². The van der Waals surface area contributed by atoms with E-state index in [0.717, 1.165) is 5.92 Å². The van der Waals surface area contributed by atoms with Crippen molar-refractivity contribution >= 4 is 0 Å². The standard InChI is InChI=1S/C8H12.H2O/c1-2-8-6-4-3-5-7-8;/h2-4,8H,1,5-7H2;1H2. The summed E-state index contributed by atoms with van der Waals surface area (Å²) in [5, 5.41) is 0. The molecule has 0 amide bonds. The minimum atomic E-state index is 0. The van der Waals surface area contributed by atoms with Gasteiger partial charge in [0.2, 0.25) is 0 Å². The van der Waals surface area contributed by atoms with Gasteiger partial charge in [0.25, 0.3) is 0 Å². The summed E-state index contributed by atoms with van der Waals surface area (Å²) in [6.45, 7) is 3.75. The van der Waals surface area contributed by atoms with Crippen molar-refractivity contribution in [2.45, 2.75) is 19.3 Å². The fourth-order valence-corrected chi connectivity index (χ4v) is 1.03. The SMILES string of the molecule is C=CC1CC=CCC1.O. The van der Waals surface area contributed by atoms with E-state index in [1.165, 1.54) is 19.3 Å². The monoisotopic (exact) mass is 126 g/mol. The predicted octanol–water partition coefficient (Wildman–Crippen LogP) is 1.70. The van der Waals surface area contributed by atoms with Crippen LogP contribution in [0.3, 0.4) is 0 Å². The van der Waals surface area contributed by atoms with Crippen LogP contribution in [0, 0.1) is 5.92 Å². The van der Waals surface area contributed by atoms with Gasteiger partial charge in [-0.25, -0.2) is 0 Å². The highest BCUT2D eigenvalue weighted by Crippen LogP contribution is 2.17. The van der Waals surface area contributed by atoms with Crippen LogP contribution in [0.1, 0.15) is 19.3 Å². The molecule has 0 bridgehead atoms. The van der Waals surface area contributed by atoms with Gasteiger partial charge in [0.15, 0.2) is 0 Å². The summed E-state index contributed by atoms with van der Waals surface area (Å²) < 4.78 is 0. The maximum absolute atomic E-state index is 3.75. The topological polar surface area (TPSA) is 31.5 Å². The molecule has 1 unspecified atom stereocenters. The lowest BCUT2D eigenvalue weighted by molar-refractivity contribution is 0.585. The third-order valence-electron chi connectivity index (χ3n) is 1.64. The van der Waals surface area contributed by atoms with E-state index in [4.69, 9.17) is 0 Å². The Morgan fingerprint density at radius 2 is 2.22 bits per heavy atom. The highest BCUT2D eigenvalue weighted by atomic mass is 16.0. The molecule has 1 atom stereocenters. The molecule has 0 heterocycles. The molecule has 0 aromatic heterocycles. The highest BCUT2D eigenvalue weighted by Gasteiger charge is 2.02. The Labute approximate surface area is 56.4 Å². The zero-order chi connectivity index (χ0) is 5.82. The van der Waals surface area contributed by atoms with E-state index in [2.05, 4.69) is 24.8 Å². The summed E-state index contributed by atoms with van der Waals surface area (Å²) >= 11 is 0. The summed E-state index contributed by atoms with van der Waals surface area (Å²) in [4.78, 5) is 0. The smallest absolute Gasteiger partial charge is 0.0199 e. The van der Waals surface area contributed by atoms with Crippen LogP contribution in [0.25, 0.3) is 0 Å². The third kappa shape index (κ3) is 2.47. The van der Waals surface area contributed by atoms with E-state index < -0.39 is 0 Å². The van der Waals surface area contributed by atoms with Gasteiger partial charge in [0, 0.05) is 0 Å². The molecule has 0 aliphatic heterocycles. The van der Waals surface area contributed by atoms with Crippen molar-refractivity contribution in [3.63, 3.8) is 0 Å². The minimum absolute atomic E-state index is 0. The fourth-order valence-electron chi connectivity index (χ4n) is 1.03. The Morgan fingerprint density at radius 3 is 2.56 bits per heavy atom. The zero-order valence-electron chi connectivity index (χ0n) is 5.64. The zero-order valence-corrected chi connectivity index (χ0v) is 5.64. The first-order valence-electron chi connectivity index (χ1n) is 3.21. The van der Waals surface area contributed by atoms with E-state index in [9.17, 15) is 0 Å². The Bertz CT molecular complexity index is 105. The largest absolute Gasteiger partial charge is 0.412 e. The quantitative estimate of drug-likeness (QED) is 0.479. The van der Waals surface area contributed by atoms with E-state index in [1.54, 1.807) is 0 Å². The van der Waals surface area contributed by atoms with Crippen LogP contribution in [0.4, 0.5) is 0 Å². The lowest BCUT2D eigenvalue weighted by Gasteiger charge is -2.11. The van der Waals surface area contributed by atoms with Crippen LogP contribution in [0.15, 0.2) is 24.8 Å². The van der Waals surface area contributed by atoms with Crippen molar-refractivity contribution < 1.29 is 5.48 Å². The van der Waals surface area contributed by atoms with Gasteiger partial charge >= 0.3 is 0 Å². The molecule has 0 fully saturated rings. The van der Waals surface area contributed by atoms with Gasteiger partial charge < -0.3 is 5.48 Å². The minimum Gasteiger partial charge on any atom is -0.412 e. The predicted molar refractivity (Wildman–Crippen MR) is 40.3 cm³/mol. The second-order valence-electron chi connectivity index (χ2n) is 2.28. The van der Waals surface area contributed by atoms with Crippen molar-refractivity contribution in [1.82, 2.24) is 0 Å². The van der Waals surface area contributed by atoms with Crippen LogP contribution in [0.2, 0.25) is 0 Å². The lowest BCUT2D eigenvalue weighted by Crippen LogP contribution is -1.96. The average molecular weight is 126 g/mol. The summed E-state index contributed by atoms with van der Waals surface area (Å²) in [7, 11) is 0. The second kappa shape index (κ2) is 4.33. The molecule has 1 heteroatoms. The third-order valence-corrected chi connectivity index (χ3v) is 1.64. The van der Waals surface area contributed by atoms with Crippen molar-refractivity contribution in [3.05, 3.63) is 24.8 Å². The van der Waals surface area contributed by atoms with E-state index >= 15 is 0 Å². The van der Waals surface area contributed by atoms with E-state index in [1.807, 2.05) is 0 Å². The van der Waals surface area contributed by atoms with Gasteiger partial charge in [-0.3, -0.25) is 0 Å². The van der Waals surface area contributed by atoms with Crippen molar-refractivity contribution in [2.75, 3.05) is 0 Å². The number of rotatable bonds is 1. The molecule has 1 nitrogen and oxygen atoms in total. The summed E-state index contributed by atoms with van der Waals surface area (Å²) in [5.74, 6) is 0.764. The lowest BCUT2D eigenvalue weighted by atomic mass is 9.95. The molecule has 1 rings (SSSR count). The van der Waals surface area contributed by atoms with E-state index in [0.29, 0.717) is 0 Å². The molecule has 0 saturated heterocycles. The van der Waals surface area contributed by atoms with Crippen LogP contribution < -0.4 is 0 Å². The van der Waals surface area contributed by atoms with Crippen LogP contribution in [-0.2, 0) is 0 Å². The number of hydrogen-bond donors (Lipinski definition) is 0.